The second-order valence-corrected chi connectivity index (χ2v) is 6.23. The summed E-state index contributed by atoms with van der Waals surface area (Å²) in [5, 5.41) is 11.5. The lowest BCUT2D eigenvalue weighted by molar-refractivity contribution is -0.383. The summed E-state index contributed by atoms with van der Waals surface area (Å²) in [4.78, 5) is 42.2. The molecule has 1 heterocycles. The molecule has 170 valence electrons. The van der Waals surface area contributed by atoms with Crippen molar-refractivity contribution in [1.29, 1.82) is 0 Å². The van der Waals surface area contributed by atoms with E-state index in [4.69, 9.17) is 9.47 Å². The van der Waals surface area contributed by atoms with Crippen molar-refractivity contribution < 1.29 is 24.0 Å². The molecule has 4 N–H and O–H groups in total. The summed E-state index contributed by atoms with van der Waals surface area (Å²) in [6.45, 7) is -0.670. The number of nitrogens with one attached hydrogen (secondary N) is 4. The third-order valence-electron chi connectivity index (χ3n) is 3.87. The molecule has 0 unspecified atom stereocenters. The van der Waals surface area contributed by atoms with Crippen molar-refractivity contribution in [2.45, 2.75) is 0 Å². The number of anilines is 2. The van der Waals surface area contributed by atoms with Crippen LogP contribution < -0.4 is 31.2 Å². The number of rotatable bonds is 11. The molecule has 33 heavy (non-hydrogen) atoms. The van der Waals surface area contributed by atoms with Gasteiger partial charge in [-0.15, -0.1) is 0 Å². The molecular weight excluding hydrogens is 434 g/mol. The molecule has 3 aromatic rings. The van der Waals surface area contributed by atoms with E-state index in [1.54, 1.807) is 60.7 Å². The highest BCUT2D eigenvalue weighted by Crippen LogP contribution is 2.27. The molecule has 0 aliphatic carbocycles. The van der Waals surface area contributed by atoms with E-state index in [9.17, 15) is 19.7 Å². The standard InChI is InChI=1S/C20H19N7O6/c28-16(11-32-14-7-3-1-4-8-14)23-25-19-18(27(30)31)20(22-13-21-19)26-24-17(29)12-33-15-9-5-2-6-10-15/h1-10,13H,11-12H2,(H,23,28)(H,24,29)(H2,21,22,25,26). The Labute approximate surface area is 187 Å². The maximum atomic E-state index is 12.0. The Hall–Kier alpha value is -4.94. The first-order valence-corrected chi connectivity index (χ1v) is 9.47. The molecule has 0 aliphatic rings. The molecule has 2 amide bonds. The van der Waals surface area contributed by atoms with Crippen LogP contribution in [-0.2, 0) is 9.59 Å². The lowest BCUT2D eigenvalue weighted by Gasteiger charge is -2.12. The van der Waals surface area contributed by atoms with Gasteiger partial charge in [0.25, 0.3) is 11.8 Å². The number of carbonyl (C=O) groups is 2. The quantitative estimate of drug-likeness (QED) is 0.246. The Bertz CT molecular complexity index is 1020. The van der Waals surface area contributed by atoms with Crippen LogP contribution in [0.25, 0.3) is 0 Å². The number of hydrogen-bond donors (Lipinski definition) is 4. The molecule has 1 aromatic heterocycles. The number of nitrogens with zero attached hydrogens (tertiary/aromatic N) is 3. The van der Waals surface area contributed by atoms with Crippen LogP contribution in [-0.4, -0.2) is 39.9 Å². The van der Waals surface area contributed by atoms with E-state index in [0.29, 0.717) is 11.5 Å². The van der Waals surface area contributed by atoms with Gasteiger partial charge in [0.1, 0.15) is 17.8 Å². The van der Waals surface area contributed by atoms with Gasteiger partial charge in [0, 0.05) is 0 Å². The van der Waals surface area contributed by atoms with E-state index in [1.807, 2.05) is 0 Å². The molecule has 2 aromatic carbocycles. The van der Waals surface area contributed by atoms with Crippen LogP contribution in [0.1, 0.15) is 0 Å². The first-order valence-electron chi connectivity index (χ1n) is 9.47. The zero-order valence-electron chi connectivity index (χ0n) is 17.1. The first-order chi connectivity index (χ1) is 16.0. The average molecular weight is 453 g/mol. The van der Waals surface area contributed by atoms with Crippen molar-refractivity contribution >= 4 is 29.1 Å². The SMILES string of the molecule is O=C(COc1ccccc1)NNc1ncnc(NNC(=O)COc2ccccc2)c1[N+](=O)[O-]. The van der Waals surface area contributed by atoms with Crippen LogP contribution in [0.15, 0.2) is 67.0 Å². The number of para-hydroxylation sites is 2. The fraction of sp³-hybridized carbons (Fsp3) is 0.100. The molecule has 0 fully saturated rings. The fourth-order valence-electron chi connectivity index (χ4n) is 2.40. The molecule has 0 saturated heterocycles. The minimum Gasteiger partial charge on any atom is -0.484 e. The number of nitro groups is 1. The van der Waals surface area contributed by atoms with Gasteiger partial charge >= 0.3 is 5.69 Å². The normalized spacial score (nSPS) is 9.94. The zero-order valence-corrected chi connectivity index (χ0v) is 17.1. The van der Waals surface area contributed by atoms with E-state index in [2.05, 4.69) is 31.7 Å². The van der Waals surface area contributed by atoms with E-state index in [1.165, 1.54) is 0 Å². The summed E-state index contributed by atoms with van der Waals surface area (Å²) >= 11 is 0. The molecule has 0 atom stereocenters. The maximum Gasteiger partial charge on any atom is 0.356 e. The first kappa shape index (κ1) is 22.7. The molecule has 0 aliphatic heterocycles. The lowest BCUT2D eigenvalue weighted by Crippen LogP contribution is -2.35. The highest BCUT2D eigenvalue weighted by molar-refractivity contribution is 5.81. The van der Waals surface area contributed by atoms with Crippen LogP contribution in [0.2, 0.25) is 0 Å². The Morgan fingerprint density at radius 2 is 1.21 bits per heavy atom. The molecule has 0 radical (unpaired) electrons. The van der Waals surface area contributed by atoms with E-state index < -0.39 is 22.4 Å². The van der Waals surface area contributed by atoms with Crippen LogP contribution in [0.4, 0.5) is 17.3 Å². The van der Waals surface area contributed by atoms with Gasteiger partial charge in [-0.1, -0.05) is 36.4 Å². The summed E-state index contributed by atoms with van der Waals surface area (Å²) in [7, 11) is 0. The molecule has 3 rings (SSSR count). The Balaban J connectivity index is 1.54. The molecular formula is C20H19N7O6. The Kier molecular flexibility index (Phi) is 7.89. The number of hydrogen-bond acceptors (Lipinski definition) is 10. The smallest absolute Gasteiger partial charge is 0.356 e. The van der Waals surface area contributed by atoms with Gasteiger partial charge in [-0.25, -0.2) is 9.97 Å². The summed E-state index contributed by atoms with van der Waals surface area (Å²) < 4.78 is 10.6. The number of amides is 2. The van der Waals surface area contributed by atoms with Crippen molar-refractivity contribution in [3.05, 3.63) is 77.1 Å². The molecule has 0 spiro atoms. The van der Waals surface area contributed by atoms with Gasteiger partial charge in [-0.05, 0) is 24.3 Å². The monoisotopic (exact) mass is 453 g/mol. The highest BCUT2D eigenvalue weighted by atomic mass is 16.6. The zero-order chi connectivity index (χ0) is 23.5. The molecule has 13 heteroatoms. The largest absolute Gasteiger partial charge is 0.484 e. The van der Waals surface area contributed by atoms with Gasteiger partial charge in [-0.2, -0.15) is 0 Å². The van der Waals surface area contributed by atoms with E-state index in [-0.39, 0.29) is 24.8 Å². The Morgan fingerprint density at radius 3 is 1.61 bits per heavy atom. The second-order valence-electron chi connectivity index (χ2n) is 6.23. The van der Waals surface area contributed by atoms with Gasteiger partial charge in [0.15, 0.2) is 13.2 Å². The number of benzene rings is 2. The van der Waals surface area contributed by atoms with Gasteiger partial charge in [-0.3, -0.25) is 41.4 Å². The van der Waals surface area contributed by atoms with Crippen molar-refractivity contribution in [2.75, 3.05) is 24.1 Å². The van der Waals surface area contributed by atoms with E-state index >= 15 is 0 Å². The van der Waals surface area contributed by atoms with Crippen molar-refractivity contribution in [2.24, 2.45) is 0 Å². The summed E-state index contributed by atoms with van der Waals surface area (Å²) in [6, 6.07) is 17.3. The lowest BCUT2D eigenvalue weighted by atomic mass is 10.3. The number of carbonyl (C=O) groups excluding carboxylic acids is 2. The fourth-order valence-corrected chi connectivity index (χ4v) is 2.40. The molecule has 13 nitrogen and oxygen atoms in total. The van der Waals surface area contributed by atoms with Crippen molar-refractivity contribution in [3.63, 3.8) is 0 Å². The van der Waals surface area contributed by atoms with E-state index in [0.717, 1.165) is 6.33 Å². The minimum atomic E-state index is -0.774. The minimum absolute atomic E-state index is 0.305. The summed E-state index contributed by atoms with van der Waals surface area (Å²) in [5.74, 6) is -0.848. The number of ether oxygens (including phenoxy) is 2. The van der Waals surface area contributed by atoms with Crippen molar-refractivity contribution in [1.82, 2.24) is 20.8 Å². The van der Waals surface area contributed by atoms with Gasteiger partial charge in [0.2, 0.25) is 11.6 Å². The third-order valence-corrected chi connectivity index (χ3v) is 3.87. The van der Waals surface area contributed by atoms with Gasteiger partial charge in [0.05, 0.1) is 4.92 Å². The summed E-state index contributed by atoms with van der Waals surface area (Å²) in [5.41, 5.74) is 8.61. The van der Waals surface area contributed by atoms with Crippen LogP contribution in [0.5, 0.6) is 11.5 Å². The highest BCUT2D eigenvalue weighted by Gasteiger charge is 2.24. The summed E-state index contributed by atoms with van der Waals surface area (Å²) in [6.07, 6.45) is 1.01. The van der Waals surface area contributed by atoms with Crippen LogP contribution in [0.3, 0.4) is 0 Å². The number of aromatic nitrogens is 2. The van der Waals surface area contributed by atoms with Gasteiger partial charge < -0.3 is 9.47 Å². The molecule has 0 bridgehead atoms. The second kappa shape index (κ2) is 11.5. The molecule has 0 saturated carbocycles. The predicted octanol–water partition coefficient (Wildman–Crippen LogP) is 1.43. The third kappa shape index (κ3) is 7.06. The topological polar surface area (TPSA) is 170 Å². The Morgan fingerprint density at radius 1 is 0.788 bits per heavy atom. The van der Waals surface area contributed by atoms with Crippen LogP contribution in [0, 0.1) is 10.1 Å². The number of hydrazine groups is 2. The maximum absolute atomic E-state index is 12.0. The average Bonchev–Trinajstić information content (AvgIpc) is 2.84. The van der Waals surface area contributed by atoms with Crippen LogP contribution >= 0.6 is 0 Å². The predicted molar refractivity (Wildman–Crippen MR) is 116 cm³/mol. The van der Waals surface area contributed by atoms with Crippen molar-refractivity contribution in [3.8, 4) is 11.5 Å².